The Morgan fingerprint density at radius 3 is 2.35 bits per heavy atom. The van der Waals surface area contributed by atoms with Crippen LogP contribution in [0.2, 0.25) is 10.0 Å². The van der Waals surface area contributed by atoms with E-state index >= 15 is 0 Å². The van der Waals surface area contributed by atoms with Gasteiger partial charge in [-0.2, -0.15) is 0 Å². The van der Waals surface area contributed by atoms with Crippen LogP contribution in [0.15, 0.2) is 12.1 Å². The monoisotopic (exact) mass is 316 g/mol. The van der Waals surface area contributed by atoms with E-state index in [1.807, 2.05) is 19.1 Å². The fraction of sp³-hybridized carbons (Fsp3) is 0.625. The van der Waals surface area contributed by atoms with Crippen molar-refractivity contribution in [2.45, 2.75) is 52.7 Å². The Kier molecular flexibility index (Phi) is 4.88. The molecule has 2 rings (SSSR count). The largest absolute Gasteiger partial charge is 0.488 e. The number of hydrogen-bond donors (Lipinski definition) is 0. The lowest BCUT2D eigenvalue weighted by molar-refractivity contribution is -0.172. The molecule has 4 heteroatoms. The van der Waals surface area contributed by atoms with E-state index in [1.165, 1.54) is 0 Å². The van der Waals surface area contributed by atoms with Crippen LogP contribution in [0, 0.1) is 5.41 Å². The second-order valence-corrected chi connectivity index (χ2v) is 7.02. The normalized spacial score (nSPS) is 22.2. The second-order valence-electron chi connectivity index (χ2n) is 6.21. The molecule has 0 saturated carbocycles. The van der Waals surface area contributed by atoms with Crippen molar-refractivity contribution in [1.29, 1.82) is 0 Å². The number of ether oxygens (including phenoxy) is 2. The minimum atomic E-state index is 0.0552. The van der Waals surface area contributed by atoms with Gasteiger partial charge < -0.3 is 9.47 Å². The van der Waals surface area contributed by atoms with Gasteiger partial charge in [0.15, 0.2) is 5.75 Å². The van der Waals surface area contributed by atoms with Crippen LogP contribution >= 0.6 is 23.2 Å². The summed E-state index contributed by atoms with van der Waals surface area (Å²) in [5, 5.41) is 1.11. The summed E-state index contributed by atoms with van der Waals surface area (Å²) >= 11 is 12.7. The van der Waals surface area contributed by atoms with Crippen molar-refractivity contribution in [3.63, 3.8) is 0 Å². The molecule has 2 unspecified atom stereocenters. The molecule has 20 heavy (non-hydrogen) atoms. The van der Waals surface area contributed by atoms with Gasteiger partial charge in [0.1, 0.15) is 0 Å². The number of hydrogen-bond acceptors (Lipinski definition) is 2. The summed E-state index contributed by atoms with van der Waals surface area (Å²) in [5.41, 5.74) is 1.15. The Morgan fingerprint density at radius 2 is 1.95 bits per heavy atom. The zero-order valence-corrected chi connectivity index (χ0v) is 14.0. The first-order valence-electron chi connectivity index (χ1n) is 7.12. The third kappa shape index (κ3) is 3.24. The molecule has 112 valence electrons. The summed E-state index contributed by atoms with van der Waals surface area (Å²) in [6.45, 7) is 9.27. The van der Waals surface area contributed by atoms with Gasteiger partial charge in [0.25, 0.3) is 0 Å². The Morgan fingerprint density at radius 1 is 1.35 bits per heavy atom. The molecule has 1 fully saturated rings. The van der Waals surface area contributed by atoms with Gasteiger partial charge in [-0.15, -0.1) is 0 Å². The van der Waals surface area contributed by atoms with Gasteiger partial charge in [-0.1, -0.05) is 50.4 Å². The molecule has 2 nitrogen and oxygen atoms in total. The molecule has 1 heterocycles. The molecule has 1 saturated heterocycles. The maximum absolute atomic E-state index is 6.33. The standard InChI is InChI=1S/C16H22Cl2O2/c1-5-6-10(2)20-14-12(17)7-11(8-13(14)18)15-16(3,4)9-19-15/h7-8,10,15H,5-6,9H2,1-4H3. The smallest absolute Gasteiger partial charge is 0.156 e. The predicted molar refractivity (Wildman–Crippen MR) is 83.9 cm³/mol. The minimum absolute atomic E-state index is 0.0552. The van der Waals surface area contributed by atoms with Gasteiger partial charge in [0, 0.05) is 5.41 Å². The topological polar surface area (TPSA) is 18.5 Å². The average Bonchev–Trinajstić information content (AvgIpc) is 2.33. The summed E-state index contributed by atoms with van der Waals surface area (Å²) in [6, 6.07) is 3.82. The van der Waals surface area contributed by atoms with E-state index in [1.54, 1.807) is 0 Å². The molecular formula is C16H22Cl2O2. The molecule has 0 amide bonds. The summed E-state index contributed by atoms with van der Waals surface area (Å²) in [4.78, 5) is 0. The van der Waals surface area contributed by atoms with Gasteiger partial charge in [-0.25, -0.2) is 0 Å². The van der Waals surface area contributed by atoms with Crippen LogP contribution in [0.5, 0.6) is 5.75 Å². The highest BCUT2D eigenvalue weighted by Crippen LogP contribution is 2.48. The van der Waals surface area contributed by atoms with Gasteiger partial charge in [-0.3, -0.25) is 0 Å². The van der Waals surface area contributed by atoms with Gasteiger partial charge >= 0.3 is 0 Å². The molecule has 2 atom stereocenters. The van der Waals surface area contributed by atoms with Crippen LogP contribution in [0.25, 0.3) is 0 Å². The third-order valence-corrected chi connectivity index (χ3v) is 4.23. The zero-order chi connectivity index (χ0) is 14.9. The highest BCUT2D eigenvalue weighted by atomic mass is 35.5. The Bertz CT molecular complexity index is 462. The van der Waals surface area contributed by atoms with E-state index in [0.717, 1.165) is 25.0 Å². The average molecular weight is 317 g/mol. The lowest BCUT2D eigenvalue weighted by Crippen LogP contribution is -2.40. The molecule has 1 aliphatic heterocycles. The second kappa shape index (κ2) is 6.13. The molecular weight excluding hydrogens is 295 g/mol. The van der Waals surface area contributed by atoms with Gasteiger partial charge in [-0.05, 0) is 31.0 Å². The van der Waals surface area contributed by atoms with Crippen molar-refractivity contribution in [3.8, 4) is 5.75 Å². The van der Waals surface area contributed by atoms with Crippen LogP contribution in [0.4, 0.5) is 0 Å². The van der Waals surface area contributed by atoms with E-state index in [4.69, 9.17) is 32.7 Å². The van der Waals surface area contributed by atoms with Crippen molar-refractivity contribution >= 4 is 23.2 Å². The quantitative estimate of drug-likeness (QED) is 0.698. The molecule has 0 spiro atoms. The highest BCUT2D eigenvalue weighted by Gasteiger charge is 2.41. The summed E-state index contributed by atoms with van der Waals surface area (Å²) in [7, 11) is 0. The Labute approximate surface area is 131 Å². The molecule has 1 aliphatic rings. The molecule has 0 aromatic heterocycles. The summed E-state index contributed by atoms with van der Waals surface area (Å²) < 4.78 is 11.5. The first kappa shape index (κ1) is 15.9. The number of halogens is 2. The maximum atomic E-state index is 6.33. The fourth-order valence-electron chi connectivity index (χ4n) is 2.56. The number of rotatable bonds is 5. The fourth-order valence-corrected chi connectivity index (χ4v) is 3.15. The predicted octanol–water partition coefficient (Wildman–Crippen LogP) is 5.66. The summed E-state index contributed by atoms with van der Waals surface area (Å²) in [5.74, 6) is 0.579. The number of benzene rings is 1. The third-order valence-electron chi connectivity index (χ3n) is 3.67. The molecule has 0 N–H and O–H groups in total. The maximum Gasteiger partial charge on any atom is 0.156 e. The van der Waals surface area contributed by atoms with Crippen LogP contribution in [0.1, 0.15) is 52.2 Å². The Hall–Kier alpha value is -0.440. The molecule has 1 aromatic rings. The van der Waals surface area contributed by atoms with Gasteiger partial charge in [0.05, 0.1) is 28.9 Å². The lowest BCUT2D eigenvalue weighted by atomic mass is 9.79. The van der Waals surface area contributed by atoms with Crippen molar-refractivity contribution in [3.05, 3.63) is 27.7 Å². The SMILES string of the molecule is CCCC(C)Oc1c(Cl)cc(C2OCC2(C)C)cc1Cl. The van der Waals surface area contributed by atoms with E-state index in [9.17, 15) is 0 Å². The van der Waals surface area contributed by atoms with Crippen LogP contribution < -0.4 is 4.74 Å². The first-order chi connectivity index (χ1) is 9.35. The zero-order valence-electron chi connectivity index (χ0n) is 12.5. The van der Waals surface area contributed by atoms with Crippen molar-refractivity contribution < 1.29 is 9.47 Å². The van der Waals surface area contributed by atoms with E-state index < -0.39 is 0 Å². The van der Waals surface area contributed by atoms with Crippen molar-refractivity contribution in [1.82, 2.24) is 0 Å². The summed E-state index contributed by atoms with van der Waals surface area (Å²) in [6.07, 6.45) is 2.21. The van der Waals surface area contributed by atoms with Crippen LogP contribution in [-0.4, -0.2) is 12.7 Å². The highest BCUT2D eigenvalue weighted by molar-refractivity contribution is 6.37. The lowest BCUT2D eigenvalue weighted by Gasteiger charge is -2.44. The molecule has 0 aliphatic carbocycles. The minimum Gasteiger partial charge on any atom is -0.488 e. The van der Waals surface area contributed by atoms with Crippen LogP contribution in [-0.2, 0) is 4.74 Å². The Balaban J connectivity index is 2.21. The molecule has 1 aromatic carbocycles. The molecule has 0 radical (unpaired) electrons. The van der Waals surface area contributed by atoms with Gasteiger partial charge in [0.2, 0.25) is 0 Å². The van der Waals surface area contributed by atoms with Crippen molar-refractivity contribution in [2.75, 3.05) is 6.61 Å². The first-order valence-corrected chi connectivity index (χ1v) is 7.88. The van der Waals surface area contributed by atoms with E-state index in [-0.39, 0.29) is 17.6 Å². The van der Waals surface area contributed by atoms with E-state index in [0.29, 0.717) is 15.8 Å². The van der Waals surface area contributed by atoms with E-state index in [2.05, 4.69) is 20.8 Å². The molecule has 0 bridgehead atoms. The van der Waals surface area contributed by atoms with Crippen molar-refractivity contribution in [2.24, 2.45) is 5.41 Å². The van der Waals surface area contributed by atoms with Crippen LogP contribution in [0.3, 0.4) is 0 Å².